The van der Waals surface area contributed by atoms with Crippen LogP contribution in [0.3, 0.4) is 0 Å². The molecule has 0 saturated carbocycles. The number of rotatable bonds is 7. The molecule has 1 heterocycles. The summed E-state index contributed by atoms with van der Waals surface area (Å²) in [4.78, 5) is 19.3. The molecule has 1 rings (SSSR count). The predicted molar refractivity (Wildman–Crippen MR) is 61.3 cm³/mol. The average molecular weight is 222 g/mol. The van der Waals surface area contributed by atoms with E-state index in [1.807, 2.05) is 0 Å². The van der Waals surface area contributed by atoms with Gasteiger partial charge >= 0.3 is 0 Å². The van der Waals surface area contributed by atoms with Crippen LogP contribution in [0.15, 0.2) is 18.5 Å². The number of aromatic nitrogens is 2. The minimum Gasteiger partial charge on any atom is -0.381 e. The van der Waals surface area contributed by atoms with E-state index in [-0.39, 0.29) is 11.6 Å². The fourth-order valence-electron chi connectivity index (χ4n) is 1.14. The summed E-state index contributed by atoms with van der Waals surface area (Å²) in [7, 11) is 0. The van der Waals surface area contributed by atoms with E-state index < -0.39 is 0 Å². The van der Waals surface area contributed by atoms with Crippen LogP contribution in [0.5, 0.6) is 0 Å². The lowest BCUT2D eigenvalue weighted by Gasteiger charge is -2.05. The average Bonchev–Trinajstić information content (AvgIpc) is 2.29. The summed E-state index contributed by atoms with van der Waals surface area (Å²) in [5.74, 6) is 0.841. The molecule has 0 radical (unpaired) electrons. The third-order valence-corrected chi connectivity index (χ3v) is 2.13. The molecule has 0 aliphatic heterocycles. The molecule has 16 heavy (non-hydrogen) atoms. The molecule has 0 aliphatic rings. The first-order valence-electron chi connectivity index (χ1n) is 5.58. The van der Waals surface area contributed by atoms with E-state index in [0.717, 1.165) is 6.42 Å². The Morgan fingerprint density at radius 1 is 1.31 bits per heavy atom. The molecule has 0 aromatic carbocycles. The Morgan fingerprint density at radius 2 is 2.00 bits per heavy atom. The quantitative estimate of drug-likeness (QED) is 0.523. The Hall–Kier alpha value is -1.29. The van der Waals surface area contributed by atoms with Crippen LogP contribution in [-0.4, -0.2) is 29.0 Å². The minimum absolute atomic E-state index is 0.0647. The van der Waals surface area contributed by atoms with Crippen LogP contribution in [0.1, 0.15) is 37.3 Å². The van der Waals surface area contributed by atoms with Gasteiger partial charge in [-0.25, -0.2) is 9.97 Å². The van der Waals surface area contributed by atoms with Crippen molar-refractivity contribution in [2.45, 2.75) is 26.7 Å². The number of hydrogen-bond donors (Lipinski definition) is 0. The molecular formula is C12H18N2O2. The summed E-state index contributed by atoms with van der Waals surface area (Å²) >= 11 is 0. The summed E-state index contributed by atoms with van der Waals surface area (Å²) < 4.78 is 5.36. The second-order valence-corrected chi connectivity index (χ2v) is 4.04. The van der Waals surface area contributed by atoms with E-state index in [1.54, 1.807) is 18.5 Å². The third kappa shape index (κ3) is 4.98. The minimum atomic E-state index is -0.0647. The van der Waals surface area contributed by atoms with Gasteiger partial charge in [-0.1, -0.05) is 13.8 Å². The molecule has 0 unspecified atom stereocenters. The van der Waals surface area contributed by atoms with E-state index in [0.29, 0.717) is 25.6 Å². The normalized spacial score (nSPS) is 10.7. The van der Waals surface area contributed by atoms with E-state index >= 15 is 0 Å². The lowest BCUT2D eigenvalue weighted by Crippen LogP contribution is -2.09. The molecule has 0 saturated heterocycles. The zero-order chi connectivity index (χ0) is 11.8. The maximum absolute atomic E-state index is 11.5. The van der Waals surface area contributed by atoms with Crippen LogP contribution >= 0.6 is 0 Å². The van der Waals surface area contributed by atoms with E-state index in [9.17, 15) is 4.79 Å². The van der Waals surface area contributed by atoms with E-state index in [1.165, 1.54) is 0 Å². The SMILES string of the molecule is CC(C)CCOCCC(=O)c1ncccn1. The smallest absolute Gasteiger partial charge is 0.202 e. The van der Waals surface area contributed by atoms with Crippen LogP contribution in [0, 0.1) is 5.92 Å². The maximum atomic E-state index is 11.5. The highest BCUT2D eigenvalue weighted by Crippen LogP contribution is 2.00. The van der Waals surface area contributed by atoms with Crippen molar-refractivity contribution in [1.82, 2.24) is 9.97 Å². The van der Waals surface area contributed by atoms with Crippen molar-refractivity contribution in [2.24, 2.45) is 5.92 Å². The molecule has 0 fully saturated rings. The summed E-state index contributed by atoms with van der Waals surface area (Å²) in [5.41, 5.74) is 0. The van der Waals surface area contributed by atoms with Crippen LogP contribution in [-0.2, 0) is 4.74 Å². The lowest BCUT2D eigenvalue weighted by atomic mass is 10.1. The Bertz CT molecular complexity index is 312. The number of carbonyl (C=O) groups is 1. The summed E-state index contributed by atoms with van der Waals surface area (Å²) in [6.45, 7) is 5.45. The van der Waals surface area contributed by atoms with E-state index in [4.69, 9.17) is 4.74 Å². The second kappa shape index (κ2) is 7.06. The Labute approximate surface area is 96.1 Å². The number of Topliss-reactive ketones (excluding diaryl/α,β-unsaturated/α-hetero) is 1. The molecule has 0 atom stereocenters. The fourth-order valence-corrected chi connectivity index (χ4v) is 1.14. The van der Waals surface area contributed by atoms with Gasteiger partial charge < -0.3 is 4.74 Å². The van der Waals surface area contributed by atoms with Gasteiger partial charge in [-0.3, -0.25) is 4.79 Å². The molecule has 0 aliphatic carbocycles. The molecular weight excluding hydrogens is 204 g/mol. The van der Waals surface area contributed by atoms with E-state index in [2.05, 4.69) is 23.8 Å². The van der Waals surface area contributed by atoms with Gasteiger partial charge in [0.15, 0.2) is 5.82 Å². The molecule has 0 amide bonds. The van der Waals surface area contributed by atoms with Crippen molar-refractivity contribution in [3.05, 3.63) is 24.3 Å². The zero-order valence-electron chi connectivity index (χ0n) is 9.85. The van der Waals surface area contributed by atoms with Gasteiger partial charge in [0.25, 0.3) is 0 Å². The zero-order valence-corrected chi connectivity index (χ0v) is 9.85. The van der Waals surface area contributed by atoms with Crippen LogP contribution in [0.4, 0.5) is 0 Å². The molecule has 1 aromatic rings. The topological polar surface area (TPSA) is 52.1 Å². The first-order valence-corrected chi connectivity index (χ1v) is 5.58. The molecule has 1 aromatic heterocycles. The molecule has 0 bridgehead atoms. The molecule has 0 N–H and O–H groups in total. The number of carbonyl (C=O) groups excluding carboxylic acids is 1. The summed E-state index contributed by atoms with van der Waals surface area (Å²) in [5, 5.41) is 0. The van der Waals surface area contributed by atoms with Crippen LogP contribution in [0.2, 0.25) is 0 Å². The first kappa shape index (κ1) is 12.8. The highest BCUT2D eigenvalue weighted by atomic mass is 16.5. The van der Waals surface area contributed by atoms with Crippen LogP contribution < -0.4 is 0 Å². The van der Waals surface area contributed by atoms with Crippen molar-refractivity contribution in [3.8, 4) is 0 Å². The standard InChI is InChI=1S/C12H18N2O2/c1-10(2)4-8-16-9-5-11(15)12-13-6-3-7-14-12/h3,6-7,10H,4-5,8-9H2,1-2H3. The van der Waals surface area contributed by atoms with Crippen LogP contribution in [0.25, 0.3) is 0 Å². The van der Waals surface area contributed by atoms with Crippen molar-refractivity contribution in [2.75, 3.05) is 13.2 Å². The largest absolute Gasteiger partial charge is 0.381 e. The predicted octanol–water partition coefficient (Wildman–Crippen LogP) is 2.11. The Kier molecular flexibility index (Phi) is 5.64. The van der Waals surface area contributed by atoms with Crippen molar-refractivity contribution >= 4 is 5.78 Å². The van der Waals surface area contributed by atoms with Gasteiger partial charge in [0.05, 0.1) is 6.61 Å². The van der Waals surface area contributed by atoms with Crippen molar-refractivity contribution in [3.63, 3.8) is 0 Å². The second-order valence-electron chi connectivity index (χ2n) is 4.04. The summed E-state index contributed by atoms with van der Waals surface area (Å²) in [6, 6.07) is 1.69. The van der Waals surface area contributed by atoms with Crippen molar-refractivity contribution < 1.29 is 9.53 Å². The number of nitrogens with zero attached hydrogens (tertiary/aromatic N) is 2. The maximum Gasteiger partial charge on any atom is 0.202 e. The molecule has 0 spiro atoms. The molecule has 88 valence electrons. The highest BCUT2D eigenvalue weighted by Gasteiger charge is 2.07. The Morgan fingerprint density at radius 3 is 2.62 bits per heavy atom. The van der Waals surface area contributed by atoms with Crippen molar-refractivity contribution in [1.29, 1.82) is 0 Å². The third-order valence-electron chi connectivity index (χ3n) is 2.13. The lowest BCUT2D eigenvalue weighted by molar-refractivity contribution is 0.0851. The molecule has 4 heteroatoms. The van der Waals surface area contributed by atoms with Gasteiger partial charge in [0.2, 0.25) is 5.78 Å². The van der Waals surface area contributed by atoms with Gasteiger partial charge in [-0.2, -0.15) is 0 Å². The monoisotopic (exact) mass is 222 g/mol. The number of ketones is 1. The first-order chi connectivity index (χ1) is 7.70. The van der Waals surface area contributed by atoms with Gasteiger partial charge in [-0.05, 0) is 18.4 Å². The Balaban J connectivity index is 2.16. The number of ether oxygens (including phenoxy) is 1. The van der Waals surface area contributed by atoms with Gasteiger partial charge in [0.1, 0.15) is 0 Å². The van der Waals surface area contributed by atoms with Gasteiger partial charge in [-0.15, -0.1) is 0 Å². The number of hydrogen-bond acceptors (Lipinski definition) is 4. The fraction of sp³-hybridized carbons (Fsp3) is 0.583. The van der Waals surface area contributed by atoms with Gasteiger partial charge in [0, 0.05) is 25.4 Å². The highest BCUT2D eigenvalue weighted by molar-refractivity contribution is 5.92. The molecule has 4 nitrogen and oxygen atoms in total. The summed E-state index contributed by atoms with van der Waals surface area (Å²) in [6.07, 6.45) is 4.51.